The monoisotopic (exact) mass is 274 g/mol. The highest BCUT2D eigenvalue weighted by atomic mass is 35.5. The Bertz CT molecular complexity index is 399. The molecular formula is C12H16Cl2N2O. The van der Waals surface area contributed by atoms with Crippen molar-refractivity contribution in [3.8, 4) is 0 Å². The molecule has 0 spiro atoms. The fraction of sp³-hybridized carbons (Fsp3) is 0.500. The second-order valence-electron chi connectivity index (χ2n) is 4.59. The fourth-order valence-corrected chi connectivity index (χ4v) is 2.12. The molecule has 0 fully saturated rings. The van der Waals surface area contributed by atoms with Crippen molar-refractivity contribution in [1.82, 2.24) is 10.3 Å². The lowest BCUT2D eigenvalue weighted by molar-refractivity contribution is 0.0909. The van der Waals surface area contributed by atoms with Crippen molar-refractivity contribution < 1.29 is 4.79 Å². The van der Waals surface area contributed by atoms with E-state index in [4.69, 9.17) is 23.2 Å². The van der Waals surface area contributed by atoms with Gasteiger partial charge >= 0.3 is 0 Å². The van der Waals surface area contributed by atoms with E-state index in [1.165, 1.54) is 12.1 Å². The predicted molar refractivity (Wildman–Crippen MR) is 70.7 cm³/mol. The number of hydrogen-bond acceptors (Lipinski definition) is 2. The van der Waals surface area contributed by atoms with E-state index < -0.39 is 0 Å². The summed E-state index contributed by atoms with van der Waals surface area (Å²) in [5.74, 6) is -0.186. The highest BCUT2D eigenvalue weighted by molar-refractivity contribution is 6.33. The molecule has 0 saturated carbocycles. The summed E-state index contributed by atoms with van der Waals surface area (Å²) in [4.78, 5) is 15.8. The van der Waals surface area contributed by atoms with Crippen LogP contribution in [0.4, 0.5) is 0 Å². The minimum atomic E-state index is -0.242. The molecule has 0 bridgehead atoms. The molecule has 1 aromatic heterocycles. The van der Waals surface area contributed by atoms with Gasteiger partial charge in [0.2, 0.25) is 0 Å². The van der Waals surface area contributed by atoms with Gasteiger partial charge in [-0.2, -0.15) is 0 Å². The van der Waals surface area contributed by atoms with Crippen LogP contribution in [0, 0.1) is 0 Å². The molecule has 1 N–H and O–H groups in total. The SMILES string of the molecule is CCCC(C)(C)NC(=O)c1cc(Cl)nc(Cl)c1. The van der Waals surface area contributed by atoms with Crippen LogP contribution >= 0.6 is 23.2 Å². The smallest absolute Gasteiger partial charge is 0.251 e. The Morgan fingerprint density at radius 1 is 1.35 bits per heavy atom. The van der Waals surface area contributed by atoms with Gasteiger partial charge in [0.15, 0.2) is 0 Å². The molecule has 1 heterocycles. The molecule has 1 rings (SSSR count). The van der Waals surface area contributed by atoms with Crippen molar-refractivity contribution in [2.24, 2.45) is 0 Å². The van der Waals surface area contributed by atoms with Crippen LogP contribution in [0.5, 0.6) is 0 Å². The Balaban J connectivity index is 2.83. The third-order valence-corrected chi connectivity index (χ3v) is 2.74. The highest BCUT2D eigenvalue weighted by Gasteiger charge is 2.20. The maximum absolute atomic E-state index is 12.0. The molecule has 94 valence electrons. The molecule has 5 heteroatoms. The van der Waals surface area contributed by atoms with E-state index in [1.54, 1.807) is 0 Å². The standard InChI is InChI=1S/C12H16Cl2N2O/c1-4-5-12(2,3)16-11(17)8-6-9(13)15-10(14)7-8/h6-7H,4-5H2,1-3H3,(H,16,17). The van der Waals surface area contributed by atoms with Gasteiger partial charge in [0.05, 0.1) is 0 Å². The predicted octanol–water partition coefficient (Wildman–Crippen LogP) is 3.70. The van der Waals surface area contributed by atoms with Crippen LogP contribution in [0.25, 0.3) is 0 Å². The summed E-state index contributed by atoms with van der Waals surface area (Å²) in [6, 6.07) is 3.01. The normalized spacial score (nSPS) is 11.4. The Morgan fingerprint density at radius 3 is 2.35 bits per heavy atom. The lowest BCUT2D eigenvalue weighted by Gasteiger charge is -2.25. The van der Waals surface area contributed by atoms with Crippen molar-refractivity contribution in [2.45, 2.75) is 39.2 Å². The third-order valence-electron chi connectivity index (χ3n) is 2.35. The Morgan fingerprint density at radius 2 is 1.88 bits per heavy atom. The number of hydrogen-bond donors (Lipinski definition) is 1. The summed E-state index contributed by atoms with van der Waals surface area (Å²) in [6.07, 6.45) is 1.91. The Labute approximate surface area is 112 Å². The topological polar surface area (TPSA) is 42.0 Å². The van der Waals surface area contributed by atoms with Gasteiger partial charge in [-0.15, -0.1) is 0 Å². The highest BCUT2D eigenvalue weighted by Crippen LogP contribution is 2.17. The first kappa shape index (κ1) is 14.3. The second-order valence-corrected chi connectivity index (χ2v) is 5.36. The quantitative estimate of drug-likeness (QED) is 0.851. The number of aromatic nitrogens is 1. The van der Waals surface area contributed by atoms with Crippen LogP contribution in [0.15, 0.2) is 12.1 Å². The summed E-state index contributed by atoms with van der Waals surface area (Å²) in [5.41, 5.74) is 0.188. The van der Waals surface area contributed by atoms with Gasteiger partial charge in [0.1, 0.15) is 10.3 Å². The van der Waals surface area contributed by atoms with E-state index in [-0.39, 0.29) is 21.8 Å². The van der Waals surface area contributed by atoms with Gasteiger partial charge in [-0.05, 0) is 32.4 Å². The zero-order chi connectivity index (χ0) is 13.1. The number of rotatable bonds is 4. The molecule has 17 heavy (non-hydrogen) atoms. The zero-order valence-electron chi connectivity index (χ0n) is 10.2. The lowest BCUT2D eigenvalue weighted by Crippen LogP contribution is -2.43. The van der Waals surface area contributed by atoms with Crippen LogP contribution in [-0.4, -0.2) is 16.4 Å². The molecule has 0 aliphatic heterocycles. The van der Waals surface area contributed by atoms with Crippen LogP contribution in [0.2, 0.25) is 10.3 Å². The molecule has 0 atom stereocenters. The maximum Gasteiger partial charge on any atom is 0.251 e. The van der Waals surface area contributed by atoms with E-state index in [0.717, 1.165) is 12.8 Å². The van der Waals surface area contributed by atoms with Crippen LogP contribution in [0.3, 0.4) is 0 Å². The Hall–Kier alpha value is -0.800. The third kappa shape index (κ3) is 4.52. The van der Waals surface area contributed by atoms with Gasteiger partial charge in [-0.25, -0.2) is 4.98 Å². The zero-order valence-corrected chi connectivity index (χ0v) is 11.7. The number of amides is 1. The number of nitrogens with zero attached hydrogens (tertiary/aromatic N) is 1. The first-order chi connectivity index (χ1) is 7.84. The van der Waals surface area contributed by atoms with E-state index in [0.29, 0.717) is 5.56 Å². The van der Waals surface area contributed by atoms with Gasteiger partial charge < -0.3 is 5.32 Å². The fourth-order valence-electron chi connectivity index (χ4n) is 1.66. The minimum absolute atomic E-state index is 0.186. The molecule has 0 aliphatic rings. The maximum atomic E-state index is 12.0. The van der Waals surface area contributed by atoms with Crippen molar-refractivity contribution in [3.63, 3.8) is 0 Å². The molecule has 0 aromatic carbocycles. The molecule has 0 radical (unpaired) electrons. The second kappa shape index (κ2) is 5.69. The average molecular weight is 275 g/mol. The average Bonchev–Trinajstić information content (AvgIpc) is 2.14. The van der Waals surface area contributed by atoms with Gasteiger partial charge in [-0.1, -0.05) is 36.5 Å². The number of halogens is 2. The molecule has 0 saturated heterocycles. The molecule has 1 amide bonds. The van der Waals surface area contributed by atoms with E-state index in [9.17, 15) is 4.79 Å². The number of nitrogens with one attached hydrogen (secondary N) is 1. The van der Waals surface area contributed by atoms with Gasteiger partial charge in [0.25, 0.3) is 5.91 Å². The van der Waals surface area contributed by atoms with E-state index >= 15 is 0 Å². The van der Waals surface area contributed by atoms with E-state index in [1.807, 2.05) is 13.8 Å². The summed E-state index contributed by atoms with van der Waals surface area (Å²) in [5, 5.41) is 3.38. The summed E-state index contributed by atoms with van der Waals surface area (Å²) in [6.45, 7) is 6.05. The molecule has 3 nitrogen and oxygen atoms in total. The van der Waals surface area contributed by atoms with Crippen molar-refractivity contribution >= 4 is 29.1 Å². The summed E-state index contributed by atoms with van der Waals surface area (Å²) < 4.78 is 0. The van der Waals surface area contributed by atoms with Gasteiger partial charge in [-0.3, -0.25) is 4.79 Å². The molecule has 1 aromatic rings. The van der Waals surface area contributed by atoms with Crippen LogP contribution in [0.1, 0.15) is 44.0 Å². The largest absolute Gasteiger partial charge is 0.347 e. The minimum Gasteiger partial charge on any atom is -0.347 e. The summed E-state index contributed by atoms with van der Waals surface area (Å²) >= 11 is 11.5. The van der Waals surface area contributed by atoms with Crippen molar-refractivity contribution in [3.05, 3.63) is 28.0 Å². The number of pyridine rings is 1. The van der Waals surface area contributed by atoms with E-state index in [2.05, 4.69) is 17.2 Å². The number of carbonyl (C=O) groups is 1. The van der Waals surface area contributed by atoms with Crippen molar-refractivity contribution in [2.75, 3.05) is 0 Å². The molecule has 0 aliphatic carbocycles. The lowest BCUT2D eigenvalue weighted by atomic mass is 9.98. The van der Waals surface area contributed by atoms with Crippen LogP contribution < -0.4 is 5.32 Å². The van der Waals surface area contributed by atoms with Gasteiger partial charge in [0, 0.05) is 11.1 Å². The molecular weight excluding hydrogens is 259 g/mol. The summed E-state index contributed by atoms with van der Waals surface area (Å²) in [7, 11) is 0. The first-order valence-corrected chi connectivity index (χ1v) is 6.25. The van der Waals surface area contributed by atoms with Crippen molar-refractivity contribution in [1.29, 1.82) is 0 Å². The first-order valence-electron chi connectivity index (χ1n) is 5.49. The Kier molecular flexibility index (Phi) is 4.78. The van der Waals surface area contributed by atoms with Crippen LogP contribution in [-0.2, 0) is 0 Å². The number of carbonyl (C=O) groups excluding carboxylic acids is 1. The molecule has 0 unspecified atom stereocenters.